The molecule has 46 heavy (non-hydrogen) atoms. The lowest BCUT2D eigenvalue weighted by Gasteiger charge is -2.27. The van der Waals surface area contributed by atoms with Gasteiger partial charge in [-0.15, -0.1) is 10.2 Å². The minimum Gasteiger partial charge on any atom is -0.387 e. The number of nitrogens with zero attached hydrogens (tertiary/aromatic N) is 8. The number of fused-ring (bicyclic) bond motifs is 1. The smallest absolute Gasteiger partial charge is 0.227 e. The fourth-order valence-electron chi connectivity index (χ4n) is 6.34. The lowest BCUT2D eigenvalue weighted by molar-refractivity contribution is -0.0384. The van der Waals surface area contributed by atoms with Crippen molar-refractivity contribution in [3.8, 4) is 0 Å². The van der Waals surface area contributed by atoms with Gasteiger partial charge in [-0.2, -0.15) is 14.8 Å². The Hall–Kier alpha value is -4.50. The molecule has 2 fully saturated rings. The van der Waals surface area contributed by atoms with Gasteiger partial charge >= 0.3 is 0 Å². The van der Waals surface area contributed by atoms with Crippen LogP contribution in [0.2, 0.25) is 0 Å². The van der Waals surface area contributed by atoms with Crippen molar-refractivity contribution in [3.63, 3.8) is 0 Å². The van der Waals surface area contributed by atoms with Gasteiger partial charge in [0.1, 0.15) is 12.2 Å². The summed E-state index contributed by atoms with van der Waals surface area (Å²) >= 11 is 0. The van der Waals surface area contributed by atoms with Gasteiger partial charge in [0.2, 0.25) is 11.8 Å². The standard InChI is InChI=1S/C32H39N11O3/c1-2-43-40-29(39-41-43)27-25(44)26(45)31(46-27)42-18-35-24-28(37-32(38-30(24)42)36-22-15-13-21(33)14-16-22)34-17-23(19-9-5-3-6-10-19)20-11-7-4-8-12-20/h3-12,18,21-23,25-27,31,44-45H,2,13-17,33H2,1H3,(H2,34,36,37,38)/t21-,22-,25-,26+,27-,31+/m0/s1. The maximum Gasteiger partial charge on any atom is 0.227 e. The van der Waals surface area contributed by atoms with E-state index in [4.69, 9.17) is 20.4 Å². The molecule has 5 aromatic rings. The average molecular weight is 626 g/mol. The number of benzene rings is 2. The maximum atomic E-state index is 11.1. The lowest BCUT2D eigenvalue weighted by atomic mass is 9.91. The second-order valence-corrected chi connectivity index (χ2v) is 12.0. The summed E-state index contributed by atoms with van der Waals surface area (Å²) in [6, 6.07) is 21.1. The third-order valence-electron chi connectivity index (χ3n) is 8.92. The van der Waals surface area contributed by atoms with E-state index in [0.29, 0.717) is 36.0 Å². The van der Waals surface area contributed by atoms with Gasteiger partial charge in [-0.25, -0.2) is 4.98 Å². The molecule has 240 valence electrons. The fraction of sp³-hybridized carbons (Fsp3) is 0.438. The molecule has 1 saturated heterocycles. The number of aliphatic hydroxyl groups excluding tert-OH is 2. The van der Waals surface area contributed by atoms with Crippen molar-refractivity contribution in [1.82, 2.24) is 39.7 Å². The van der Waals surface area contributed by atoms with Crippen molar-refractivity contribution in [2.75, 3.05) is 17.2 Å². The van der Waals surface area contributed by atoms with E-state index in [1.54, 1.807) is 10.9 Å². The molecule has 0 bridgehead atoms. The summed E-state index contributed by atoms with van der Waals surface area (Å²) in [6.45, 7) is 2.94. The van der Waals surface area contributed by atoms with Crippen molar-refractivity contribution < 1.29 is 14.9 Å². The van der Waals surface area contributed by atoms with Crippen LogP contribution in [0.3, 0.4) is 0 Å². The number of ether oxygens (including phenoxy) is 1. The fourth-order valence-corrected chi connectivity index (χ4v) is 6.34. The number of hydrogen-bond acceptors (Lipinski definition) is 12. The average Bonchev–Trinajstić information content (AvgIpc) is 3.81. The number of aromatic nitrogens is 8. The Labute approximate surface area is 266 Å². The van der Waals surface area contributed by atoms with Gasteiger partial charge in [0.15, 0.2) is 29.3 Å². The van der Waals surface area contributed by atoms with Crippen molar-refractivity contribution in [2.45, 2.75) is 81.7 Å². The predicted octanol–water partition coefficient (Wildman–Crippen LogP) is 2.75. The summed E-state index contributed by atoms with van der Waals surface area (Å²) in [7, 11) is 0. The van der Waals surface area contributed by atoms with Crippen LogP contribution in [-0.2, 0) is 11.3 Å². The van der Waals surface area contributed by atoms with Crippen LogP contribution < -0.4 is 16.4 Å². The Bertz CT molecular complexity index is 1700. The highest BCUT2D eigenvalue weighted by Gasteiger charge is 2.47. The van der Waals surface area contributed by atoms with Gasteiger partial charge in [-0.1, -0.05) is 60.7 Å². The van der Waals surface area contributed by atoms with E-state index in [0.717, 1.165) is 25.7 Å². The monoisotopic (exact) mass is 625 g/mol. The van der Waals surface area contributed by atoms with Crippen molar-refractivity contribution in [1.29, 1.82) is 0 Å². The largest absolute Gasteiger partial charge is 0.387 e. The number of aliphatic hydroxyl groups is 2. The molecule has 3 aromatic heterocycles. The van der Waals surface area contributed by atoms with Crippen LogP contribution in [0.25, 0.3) is 11.2 Å². The zero-order chi connectivity index (χ0) is 31.6. The third kappa shape index (κ3) is 6.03. The molecular formula is C32H39N11O3. The summed E-state index contributed by atoms with van der Waals surface area (Å²) in [6.07, 6.45) is 0.697. The molecule has 1 aliphatic heterocycles. The zero-order valence-electron chi connectivity index (χ0n) is 25.6. The number of imidazole rings is 1. The van der Waals surface area contributed by atoms with E-state index in [1.165, 1.54) is 15.9 Å². The molecule has 4 atom stereocenters. The lowest BCUT2D eigenvalue weighted by Crippen LogP contribution is -2.33. The van der Waals surface area contributed by atoms with Gasteiger partial charge in [-0.3, -0.25) is 4.57 Å². The number of aryl methyl sites for hydroxylation is 1. The molecule has 2 aliphatic rings. The number of rotatable bonds is 10. The van der Waals surface area contributed by atoms with Gasteiger partial charge in [0.25, 0.3) is 0 Å². The number of tetrazole rings is 1. The molecule has 2 aromatic carbocycles. The highest BCUT2D eigenvalue weighted by Crippen LogP contribution is 2.39. The highest BCUT2D eigenvalue weighted by molar-refractivity contribution is 5.84. The zero-order valence-corrected chi connectivity index (χ0v) is 25.6. The van der Waals surface area contributed by atoms with Crippen LogP contribution >= 0.6 is 0 Å². The van der Waals surface area contributed by atoms with Crippen LogP contribution in [0.5, 0.6) is 0 Å². The van der Waals surface area contributed by atoms with Crippen LogP contribution in [0.4, 0.5) is 11.8 Å². The van der Waals surface area contributed by atoms with E-state index in [9.17, 15) is 10.2 Å². The molecule has 7 rings (SSSR count). The van der Waals surface area contributed by atoms with E-state index < -0.39 is 24.5 Å². The second kappa shape index (κ2) is 13.1. The summed E-state index contributed by atoms with van der Waals surface area (Å²) in [5.41, 5.74) is 9.47. The van der Waals surface area contributed by atoms with Gasteiger partial charge in [0, 0.05) is 24.5 Å². The summed E-state index contributed by atoms with van der Waals surface area (Å²) < 4.78 is 7.80. The van der Waals surface area contributed by atoms with E-state index in [2.05, 4.69) is 55.3 Å². The SMILES string of the molecule is CCn1nnc([C@H]2O[C@@H](n3cnc4c(NCC(c5ccccc5)c5ccccc5)nc(N[C@H]5CC[C@H](N)CC5)nc43)[C@H](O)[C@@H]2O)n1. The maximum absolute atomic E-state index is 11.1. The third-order valence-corrected chi connectivity index (χ3v) is 8.92. The van der Waals surface area contributed by atoms with Gasteiger partial charge in [-0.05, 0) is 48.9 Å². The first-order valence-electron chi connectivity index (χ1n) is 15.9. The van der Waals surface area contributed by atoms with Crippen LogP contribution in [0, 0.1) is 0 Å². The normalized spacial score (nSPS) is 24.9. The molecule has 0 radical (unpaired) electrons. The van der Waals surface area contributed by atoms with Crippen LogP contribution in [-0.4, -0.2) is 80.8 Å². The first kappa shape index (κ1) is 30.2. The summed E-state index contributed by atoms with van der Waals surface area (Å²) in [5, 5.41) is 41.5. The quantitative estimate of drug-likeness (QED) is 0.153. The number of hydrogen-bond donors (Lipinski definition) is 5. The summed E-state index contributed by atoms with van der Waals surface area (Å²) in [4.78, 5) is 15.8. The van der Waals surface area contributed by atoms with Gasteiger partial charge < -0.3 is 31.3 Å². The molecule has 0 spiro atoms. The van der Waals surface area contributed by atoms with E-state index >= 15 is 0 Å². The van der Waals surface area contributed by atoms with Gasteiger partial charge in [0.05, 0.1) is 12.9 Å². The number of anilines is 2. The molecule has 14 nitrogen and oxygen atoms in total. The van der Waals surface area contributed by atoms with E-state index in [1.807, 2.05) is 43.3 Å². The van der Waals surface area contributed by atoms with Crippen molar-refractivity contribution >= 4 is 22.9 Å². The number of nitrogens with one attached hydrogen (secondary N) is 2. The Morgan fingerprint density at radius 1 is 0.957 bits per heavy atom. The minimum absolute atomic E-state index is 0.0469. The number of nitrogens with two attached hydrogens (primary N) is 1. The Morgan fingerprint density at radius 2 is 1.65 bits per heavy atom. The summed E-state index contributed by atoms with van der Waals surface area (Å²) in [5.74, 6) is 1.23. The Kier molecular flexibility index (Phi) is 8.58. The highest BCUT2D eigenvalue weighted by atomic mass is 16.6. The molecule has 6 N–H and O–H groups in total. The first-order chi connectivity index (χ1) is 22.5. The van der Waals surface area contributed by atoms with Crippen molar-refractivity contribution in [3.05, 3.63) is 83.9 Å². The molecule has 0 amide bonds. The molecule has 4 heterocycles. The Balaban J connectivity index is 1.23. The minimum atomic E-state index is -1.29. The molecule has 1 aliphatic carbocycles. The molecular weight excluding hydrogens is 586 g/mol. The Morgan fingerprint density at radius 3 is 2.30 bits per heavy atom. The first-order valence-corrected chi connectivity index (χ1v) is 15.9. The van der Waals surface area contributed by atoms with Crippen LogP contribution in [0.15, 0.2) is 67.0 Å². The molecule has 14 heteroatoms. The van der Waals surface area contributed by atoms with E-state index in [-0.39, 0.29) is 23.8 Å². The predicted molar refractivity (Wildman–Crippen MR) is 171 cm³/mol. The molecule has 1 saturated carbocycles. The van der Waals surface area contributed by atoms with Crippen LogP contribution in [0.1, 0.15) is 67.8 Å². The second-order valence-electron chi connectivity index (χ2n) is 12.0. The molecule has 0 unspecified atom stereocenters. The topological polar surface area (TPSA) is 187 Å². The van der Waals surface area contributed by atoms with Crippen molar-refractivity contribution in [2.24, 2.45) is 5.73 Å².